The Labute approximate surface area is 130 Å². The van der Waals surface area contributed by atoms with Gasteiger partial charge in [-0.2, -0.15) is 9.46 Å². The summed E-state index contributed by atoms with van der Waals surface area (Å²) in [5.74, 6) is 0. The molecule has 0 aromatic carbocycles. The van der Waals surface area contributed by atoms with E-state index in [2.05, 4.69) is 0 Å². The van der Waals surface area contributed by atoms with Crippen LogP contribution >= 0.6 is 21.6 Å². The second-order valence-corrected chi connectivity index (χ2v) is 6.14. The van der Waals surface area contributed by atoms with Crippen molar-refractivity contribution in [2.24, 2.45) is 0 Å². The van der Waals surface area contributed by atoms with Gasteiger partial charge in [-0.05, 0) is 21.6 Å². The zero-order chi connectivity index (χ0) is 16.3. The molecular weight excluding hydrogens is 336 g/mol. The van der Waals surface area contributed by atoms with Gasteiger partial charge in [0, 0.05) is 12.1 Å². The molecule has 0 amide bonds. The fourth-order valence-corrected chi connectivity index (χ4v) is 3.36. The van der Waals surface area contributed by atoms with Crippen LogP contribution in [-0.2, 0) is 0 Å². The van der Waals surface area contributed by atoms with Gasteiger partial charge in [-0.25, -0.2) is 0 Å². The Morgan fingerprint density at radius 1 is 0.773 bits per heavy atom. The molecule has 0 saturated carbocycles. The maximum atomic E-state index is 11.3. The average Bonchev–Trinajstić information content (AvgIpc) is 2.44. The summed E-state index contributed by atoms with van der Waals surface area (Å²) in [5, 5.41) is 43.9. The number of nitro groups is 2. The quantitative estimate of drug-likeness (QED) is 0.262. The molecule has 0 spiro atoms. The lowest BCUT2D eigenvalue weighted by Crippen LogP contribution is -2.25. The van der Waals surface area contributed by atoms with E-state index in [4.69, 9.17) is 0 Å². The number of hydrogen-bond acceptors (Lipinski definition) is 8. The van der Waals surface area contributed by atoms with Gasteiger partial charge in [0.15, 0.2) is 12.4 Å². The Bertz CT molecular complexity index is 693. The highest BCUT2D eigenvalue weighted by molar-refractivity contribution is 8.76. The smallest absolute Gasteiger partial charge is 0.334 e. The molecular formula is C10H6N4O6S2. The lowest BCUT2D eigenvalue weighted by molar-refractivity contribution is -0.611. The van der Waals surface area contributed by atoms with Crippen LogP contribution in [-0.4, -0.2) is 9.85 Å². The first-order valence-corrected chi connectivity index (χ1v) is 7.61. The molecule has 0 aliphatic heterocycles. The second-order valence-electron chi connectivity index (χ2n) is 3.86. The predicted molar refractivity (Wildman–Crippen MR) is 75.8 cm³/mol. The topological polar surface area (TPSA) is 140 Å². The van der Waals surface area contributed by atoms with Gasteiger partial charge in [0.05, 0.1) is 19.6 Å². The Morgan fingerprint density at radius 2 is 1.14 bits per heavy atom. The van der Waals surface area contributed by atoms with Crippen molar-refractivity contribution in [3.8, 4) is 0 Å². The van der Waals surface area contributed by atoms with Crippen LogP contribution in [0.1, 0.15) is 0 Å². The maximum Gasteiger partial charge on any atom is 0.334 e. The number of hydrogen-bond donors (Lipinski definition) is 0. The van der Waals surface area contributed by atoms with Crippen LogP contribution < -0.4 is 9.46 Å². The van der Waals surface area contributed by atoms with Crippen molar-refractivity contribution >= 4 is 33.0 Å². The van der Waals surface area contributed by atoms with Crippen molar-refractivity contribution in [2.75, 3.05) is 0 Å². The van der Waals surface area contributed by atoms with Crippen LogP contribution in [0, 0.1) is 30.6 Å². The van der Waals surface area contributed by atoms with E-state index in [-0.39, 0.29) is 21.2 Å². The zero-order valence-electron chi connectivity index (χ0n) is 10.5. The fourth-order valence-electron chi connectivity index (χ4n) is 1.41. The summed E-state index contributed by atoms with van der Waals surface area (Å²) >= 11 is 0. The van der Waals surface area contributed by atoms with Gasteiger partial charge < -0.3 is 10.4 Å². The van der Waals surface area contributed by atoms with Gasteiger partial charge >= 0.3 is 11.4 Å². The van der Waals surface area contributed by atoms with E-state index in [9.17, 15) is 30.6 Å². The Balaban J connectivity index is 2.20. The summed E-state index contributed by atoms with van der Waals surface area (Å²) in [5.41, 5.74) is -0.753. The highest BCUT2D eigenvalue weighted by Crippen LogP contribution is 2.38. The van der Waals surface area contributed by atoms with Crippen LogP contribution in [0.4, 0.5) is 11.4 Å². The van der Waals surface area contributed by atoms with E-state index in [0.717, 1.165) is 46.4 Å². The Hall–Kier alpha value is -2.60. The van der Waals surface area contributed by atoms with Gasteiger partial charge in [0.25, 0.3) is 12.4 Å². The number of nitrogens with zero attached hydrogens (tertiary/aromatic N) is 4. The highest BCUT2D eigenvalue weighted by Gasteiger charge is 2.16. The monoisotopic (exact) mass is 342 g/mol. The minimum atomic E-state index is -0.706. The first kappa shape index (κ1) is 15.8. The van der Waals surface area contributed by atoms with Crippen LogP contribution in [0.5, 0.6) is 0 Å². The van der Waals surface area contributed by atoms with Crippen molar-refractivity contribution in [1.29, 1.82) is 0 Å². The molecule has 2 heterocycles. The van der Waals surface area contributed by atoms with Gasteiger partial charge in [-0.3, -0.25) is 20.2 Å². The normalized spacial score (nSPS) is 10.4. The molecule has 0 fully saturated rings. The summed E-state index contributed by atoms with van der Waals surface area (Å²) < 4.78 is 0.588. The van der Waals surface area contributed by atoms with Crippen LogP contribution in [0.2, 0.25) is 0 Å². The van der Waals surface area contributed by atoms with E-state index in [1.807, 2.05) is 0 Å². The van der Waals surface area contributed by atoms with E-state index in [1.54, 1.807) is 0 Å². The molecule has 10 nitrogen and oxygen atoms in total. The molecule has 0 aliphatic carbocycles. The van der Waals surface area contributed by atoms with Gasteiger partial charge in [-0.1, -0.05) is 0 Å². The predicted octanol–water partition coefficient (Wildman–Crippen LogP) is 1.57. The fraction of sp³-hybridized carbons (Fsp3) is 0. The third-order valence-corrected chi connectivity index (χ3v) is 4.58. The summed E-state index contributed by atoms with van der Waals surface area (Å²) in [7, 11) is 1.93. The van der Waals surface area contributed by atoms with Gasteiger partial charge in [0.1, 0.15) is 0 Å². The minimum absolute atomic E-state index is 0.276. The maximum absolute atomic E-state index is 11.3. The van der Waals surface area contributed by atoms with E-state index < -0.39 is 9.85 Å². The van der Waals surface area contributed by atoms with Crippen LogP contribution in [0.15, 0.2) is 46.7 Å². The lowest BCUT2D eigenvalue weighted by atomic mass is 10.4. The molecule has 0 N–H and O–H groups in total. The third kappa shape index (κ3) is 3.95. The van der Waals surface area contributed by atoms with Crippen molar-refractivity contribution in [3.63, 3.8) is 0 Å². The molecule has 22 heavy (non-hydrogen) atoms. The summed E-state index contributed by atoms with van der Waals surface area (Å²) in [6.07, 6.45) is 3.86. The van der Waals surface area contributed by atoms with Gasteiger partial charge in [-0.15, -0.1) is 0 Å². The lowest BCUT2D eigenvalue weighted by Gasteiger charge is -2.02. The molecule has 12 heteroatoms. The zero-order valence-corrected chi connectivity index (χ0v) is 12.2. The van der Waals surface area contributed by atoms with Crippen LogP contribution in [0.3, 0.4) is 0 Å². The molecule has 0 aliphatic rings. The molecule has 2 aromatic rings. The largest absolute Gasteiger partial charge is 0.618 e. The second kappa shape index (κ2) is 6.44. The van der Waals surface area contributed by atoms with Crippen molar-refractivity contribution in [1.82, 2.24) is 0 Å². The standard InChI is InChI=1S/C10H6N4O6S2/c15-11-3-7(13(17)18)1-9(5-11)21-22-10-2-8(14(19)20)4-12(16)6-10/h1-6H. The van der Waals surface area contributed by atoms with Crippen molar-refractivity contribution in [2.45, 2.75) is 9.79 Å². The number of aromatic nitrogens is 2. The van der Waals surface area contributed by atoms with Crippen LogP contribution in [0.25, 0.3) is 0 Å². The van der Waals surface area contributed by atoms with E-state index in [0.29, 0.717) is 9.46 Å². The molecule has 0 unspecified atom stereocenters. The minimum Gasteiger partial charge on any atom is -0.618 e. The average molecular weight is 342 g/mol. The molecule has 0 atom stereocenters. The van der Waals surface area contributed by atoms with Crippen molar-refractivity contribution < 1.29 is 19.3 Å². The summed E-state index contributed by atoms with van der Waals surface area (Å²) in [4.78, 5) is 20.5. The summed E-state index contributed by atoms with van der Waals surface area (Å²) in [6.45, 7) is 0. The van der Waals surface area contributed by atoms with E-state index >= 15 is 0 Å². The van der Waals surface area contributed by atoms with E-state index in [1.165, 1.54) is 12.1 Å². The Morgan fingerprint density at radius 3 is 1.45 bits per heavy atom. The number of pyridine rings is 2. The molecule has 2 rings (SSSR count). The van der Waals surface area contributed by atoms with Crippen molar-refractivity contribution in [3.05, 3.63) is 67.6 Å². The SMILES string of the molecule is O=[N+]([O-])c1cc(SSc2cc([N+](=O)[O-])c[n+]([O-])c2)c[n+]([O-])c1. The molecule has 2 aromatic heterocycles. The molecule has 0 saturated heterocycles. The summed E-state index contributed by atoms with van der Waals surface area (Å²) in [6, 6.07) is 2.38. The molecule has 0 radical (unpaired) electrons. The highest BCUT2D eigenvalue weighted by atomic mass is 33.1. The third-order valence-electron chi connectivity index (χ3n) is 2.26. The Kier molecular flexibility index (Phi) is 4.62. The van der Waals surface area contributed by atoms with Gasteiger partial charge in [0.2, 0.25) is 0 Å². The molecule has 114 valence electrons. The first-order valence-electron chi connectivity index (χ1n) is 5.46. The first-order chi connectivity index (χ1) is 10.3. The molecule has 0 bridgehead atoms. The number of rotatable bonds is 5.